The number of hydrogen-bond acceptors (Lipinski definition) is 0. The van der Waals surface area contributed by atoms with E-state index in [0.717, 1.165) is 0 Å². The third-order valence-corrected chi connectivity index (χ3v) is 8.73. The van der Waals surface area contributed by atoms with Crippen LogP contribution in [0.2, 0.25) is 0 Å². The van der Waals surface area contributed by atoms with Gasteiger partial charge in [0.25, 0.3) is 0 Å². The van der Waals surface area contributed by atoms with Gasteiger partial charge in [-0.2, -0.15) is 0 Å². The van der Waals surface area contributed by atoms with Crippen LogP contribution in [0.25, 0.3) is 0 Å². The highest BCUT2D eigenvalue weighted by Gasteiger charge is 1.97. The van der Waals surface area contributed by atoms with Gasteiger partial charge >= 0.3 is 0 Å². The van der Waals surface area contributed by atoms with Gasteiger partial charge in [-0.25, -0.2) is 0 Å². The molecular formula is C32H66ClP. The summed E-state index contributed by atoms with van der Waals surface area (Å²) in [5, 5.41) is 0. The molecule has 0 bridgehead atoms. The topological polar surface area (TPSA) is 0 Å². The molecule has 2 heteroatoms. The minimum Gasteiger partial charge on any atom is -0.100 e. The van der Waals surface area contributed by atoms with Crippen LogP contribution >= 0.6 is 19.2 Å². The van der Waals surface area contributed by atoms with Crippen molar-refractivity contribution in [2.45, 2.75) is 200 Å². The maximum atomic E-state index is 5.75. The molecule has 1 unspecified atom stereocenters. The molecule has 34 heavy (non-hydrogen) atoms. The van der Waals surface area contributed by atoms with E-state index in [-0.39, 0.29) is 0 Å². The molecule has 0 aromatic carbocycles. The van der Waals surface area contributed by atoms with Crippen LogP contribution < -0.4 is 0 Å². The van der Waals surface area contributed by atoms with Crippen molar-refractivity contribution in [3.05, 3.63) is 0 Å². The number of halogens is 1. The summed E-state index contributed by atoms with van der Waals surface area (Å²) >= 11 is 5.75. The molecule has 0 nitrogen and oxygen atoms in total. The SMILES string of the molecule is CCCCCCCCCCCCCCCCCCCCCCCCCCCCCCCCPCl. The highest BCUT2D eigenvalue weighted by molar-refractivity contribution is 7.68. The third-order valence-electron chi connectivity index (χ3n) is 7.62. The minimum absolute atomic E-state index is 0.640. The van der Waals surface area contributed by atoms with Crippen LogP contribution in [0, 0.1) is 0 Å². The van der Waals surface area contributed by atoms with Crippen molar-refractivity contribution in [2.24, 2.45) is 0 Å². The zero-order valence-corrected chi connectivity index (χ0v) is 25.6. The van der Waals surface area contributed by atoms with Gasteiger partial charge in [0.2, 0.25) is 0 Å². The molecule has 0 aliphatic rings. The predicted molar refractivity (Wildman–Crippen MR) is 163 cm³/mol. The molecule has 0 aromatic heterocycles. The molecule has 0 aromatic rings. The molecule has 0 aliphatic heterocycles. The Hall–Kier alpha value is 0.720. The first-order valence-electron chi connectivity index (χ1n) is 16.2. The summed E-state index contributed by atoms with van der Waals surface area (Å²) in [7, 11) is 0.640. The molecule has 0 N–H and O–H groups in total. The molecule has 0 heterocycles. The quantitative estimate of drug-likeness (QED) is 0.0634. The molecule has 206 valence electrons. The summed E-state index contributed by atoms with van der Waals surface area (Å²) in [6.45, 7) is 2.31. The van der Waals surface area contributed by atoms with Crippen LogP contribution in [-0.2, 0) is 0 Å². The van der Waals surface area contributed by atoms with Gasteiger partial charge < -0.3 is 0 Å². The highest BCUT2D eigenvalue weighted by Crippen LogP contribution is 2.19. The molecule has 0 spiro atoms. The minimum atomic E-state index is 0.640. The van der Waals surface area contributed by atoms with Crippen molar-refractivity contribution in [1.29, 1.82) is 0 Å². The summed E-state index contributed by atoms with van der Waals surface area (Å²) in [5.41, 5.74) is 0. The highest BCUT2D eigenvalue weighted by atomic mass is 35.7. The fourth-order valence-corrected chi connectivity index (χ4v) is 6.00. The summed E-state index contributed by atoms with van der Waals surface area (Å²) in [4.78, 5) is 0. The predicted octanol–water partition coefficient (Wildman–Crippen LogP) is 13.5. The van der Waals surface area contributed by atoms with E-state index in [1.54, 1.807) is 0 Å². The monoisotopic (exact) mass is 516 g/mol. The van der Waals surface area contributed by atoms with Gasteiger partial charge in [0.05, 0.1) is 0 Å². The van der Waals surface area contributed by atoms with Crippen molar-refractivity contribution in [2.75, 3.05) is 6.16 Å². The normalized spacial score (nSPS) is 11.8. The summed E-state index contributed by atoms with van der Waals surface area (Å²) in [5.74, 6) is 0. The van der Waals surface area contributed by atoms with E-state index >= 15 is 0 Å². The maximum absolute atomic E-state index is 5.75. The first-order chi connectivity index (χ1) is 16.9. The summed E-state index contributed by atoms with van der Waals surface area (Å²) in [6, 6.07) is 0. The van der Waals surface area contributed by atoms with E-state index in [0.29, 0.717) is 7.93 Å². The molecule has 0 aliphatic carbocycles. The first kappa shape index (κ1) is 34.7. The van der Waals surface area contributed by atoms with Crippen LogP contribution in [0.15, 0.2) is 0 Å². The number of unbranched alkanes of at least 4 members (excludes halogenated alkanes) is 29. The Balaban J connectivity index is 2.99. The van der Waals surface area contributed by atoms with E-state index < -0.39 is 0 Å². The Labute approximate surface area is 224 Å². The Morgan fingerprint density at radius 1 is 0.294 bits per heavy atom. The Morgan fingerprint density at radius 2 is 0.471 bits per heavy atom. The lowest BCUT2D eigenvalue weighted by Crippen LogP contribution is -1.85. The average Bonchev–Trinajstić information content (AvgIpc) is 2.85. The lowest BCUT2D eigenvalue weighted by Gasteiger charge is -2.04. The van der Waals surface area contributed by atoms with Gasteiger partial charge in [0.1, 0.15) is 0 Å². The fraction of sp³-hybridized carbons (Fsp3) is 1.00. The van der Waals surface area contributed by atoms with Crippen LogP contribution in [0.5, 0.6) is 0 Å². The summed E-state index contributed by atoms with van der Waals surface area (Å²) in [6.07, 6.45) is 45.3. The molecule has 0 fully saturated rings. The Morgan fingerprint density at radius 3 is 0.647 bits per heavy atom. The van der Waals surface area contributed by atoms with E-state index in [1.807, 2.05) is 0 Å². The van der Waals surface area contributed by atoms with Gasteiger partial charge in [0.15, 0.2) is 0 Å². The van der Waals surface area contributed by atoms with Gasteiger partial charge in [-0.15, -0.1) is 11.2 Å². The van der Waals surface area contributed by atoms with Gasteiger partial charge in [-0.1, -0.05) is 193 Å². The second-order valence-electron chi connectivity index (χ2n) is 11.1. The van der Waals surface area contributed by atoms with Gasteiger partial charge in [-0.3, -0.25) is 0 Å². The molecule has 0 amide bonds. The maximum Gasteiger partial charge on any atom is -0.0214 e. The largest absolute Gasteiger partial charge is 0.100 e. The average molecular weight is 517 g/mol. The van der Waals surface area contributed by atoms with Crippen LogP contribution in [-0.4, -0.2) is 6.16 Å². The van der Waals surface area contributed by atoms with Crippen molar-refractivity contribution < 1.29 is 0 Å². The fourth-order valence-electron chi connectivity index (χ4n) is 5.21. The number of hydrogen-bond donors (Lipinski definition) is 0. The smallest absolute Gasteiger partial charge is 0.0214 e. The van der Waals surface area contributed by atoms with Crippen LogP contribution in [0.3, 0.4) is 0 Å². The summed E-state index contributed by atoms with van der Waals surface area (Å²) < 4.78 is 0. The van der Waals surface area contributed by atoms with E-state index in [9.17, 15) is 0 Å². The van der Waals surface area contributed by atoms with Crippen LogP contribution in [0.4, 0.5) is 0 Å². The third kappa shape index (κ3) is 32.7. The van der Waals surface area contributed by atoms with Crippen molar-refractivity contribution >= 4 is 19.2 Å². The Kier molecular flexibility index (Phi) is 34.4. The van der Waals surface area contributed by atoms with E-state index in [4.69, 9.17) is 11.2 Å². The van der Waals surface area contributed by atoms with Crippen molar-refractivity contribution in [1.82, 2.24) is 0 Å². The molecular weight excluding hydrogens is 451 g/mol. The van der Waals surface area contributed by atoms with E-state index in [1.165, 1.54) is 199 Å². The standard InChI is InChI=1S/C32H66ClP/c1-2-3-4-5-6-7-8-9-10-11-12-13-14-15-16-17-18-19-20-21-22-23-24-25-26-27-28-29-30-31-32-34-33/h34H,2-32H2,1H3. The molecule has 0 rings (SSSR count). The van der Waals surface area contributed by atoms with Crippen molar-refractivity contribution in [3.8, 4) is 0 Å². The lowest BCUT2D eigenvalue weighted by molar-refractivity contribution is 0.513. The van der Waals surface area contributed by atoms with Gasteiger partial charge in [-0.05, 0) is 20.5 Å². The zero-order chi connectivity index (χ0) is 24.6. The second-order valence-corrected chi connectivity index (χ2v) is 12.7. The van der Waals surface area contributed by atoms with Crippen LogP contribution in [0.1, 0.15) is 200 Å². The Bertz CT molecular complexity index is 301. The number of rotatable bonds is 31. The zero-order valence-electron chi connectivity index (χ0n) is 23.8. The first-order valence-corrected chi connectivity index (χ1v) is 18.5. The molecule has 0 saturated heterocycles. The second kappa shape index (κ2) is 33.7. The molecule has 0 saturated carbocycles. The van der Waals surface area contributed by atoms with Gasteiger partial charge in [0, 0.05) is 0 Å². The molecule has 1 atom stereocenters. The lowest BCUT2D eigenvalue weighted by atomic mass is 10.0. The molecule has 0 radical (unpaired) electrons. The van der Waals surface area contributed by atoms with Crippen molar-refractivity contribution in [3.63, 3.8) is 0 Å². The van der Waals surface area contributed by atoms with E-state index in [2.05, 4.69) is 6.92 Å².